The molecule has 2 N–H and O–H groups in total. The molecule has 0 aliphatic carbocycles. The van der Waals surface area contributed by atoms with Crippen LogP contribution < -0.4 is 10.7 Å². The Morgan fingerprint density at radius 3 is 2.89 bits per heavy atom. The molecular formula is C11H18N4O3. The first-order valence-electron chi connectivity index (χ1n) is 6.19. The molecular weight excluding hydrogens is 236 g/mol. The molecule has 2 aliphatic heterocycles. The highest BCUT2D eigenvalue weighted by atomic mass is 16.5. The van der Waals surface area contributed by atoms with Crippen molar-refractivity contribution in [3.05, 3.63) is 0 Å². The summed E-state index contributed by atoms with van der Waals surface area (Å²) in [7, 11) is 0. The third kappa shape index (κ3) is 3.78. The summed E-state index contributed by atoms with van der Waals surface area (Å²) >= 11 is 0. The lowest BCUT2D eigenvalue weighted by Crippen LogP contribution is -2.38. The monoisotopic (exact) mass is 254 g/mol. The molecule has 2 rings (SSSR count). The summed E-state index contributed by atoms with van der Waals surface area (Å²) in [5.41, 5.74) is 2.53. The second kappa shape index (κ2) is 6.46. The molecule has 0 radical (unpaired) electrons. The topological polar surface area (TPSA) is 83.0 Å². The number of nitrogens with one attached hydrogen (secondary N) is 2. The minimum absolute atomic E-state index is 0.0787. The molecule has 0 unspecified atom stereocenters. The van der Waals surface area contributed by atoms with Gasteiger partial charge in [-0.05, 0) is 13.0 Å². The molecule has 7 heteroatoms. The molecule has 0 aromatic heterocycles. The van der Waals surface area contributed by atoms with Crippen LogP contribution in [0.15, 0.2) is 5.10 Å². The number of hydrazone groups is 1. The Morgan fingerprint density at radius 2 is 2.22 bits per heavy atom. The van der Waals surface area contributed by atoms with E-state index in [0.717, 1.165) is 39.3 Å². The Labute approximate surface area is 106 Å². The van der Waals surface area contributed by atoms with E-state index in [-0.39, 0.29) is 23.9 Å². The second-order valence-corrected chi connectivity index (χ2v) is 4.33. The van der Waals surface area contributed by atoms with Crippen molar-refractivity contribution in [2.24, 2.45) is 5.10 Å². The maximum absolute atomic E-state index is 11.6. The predicted molar refractivity (Wildman–Crippen MR) is 65.1 cm³/mol. The lowest BCUT2D eigenvalue weighted by Gasteiger charge is -2.26. The minimum Gasteiger partial charge on any atom is -0.379 e. The zero-order chi connectivity index (χ0) is 12.8. The van der Waals surface area contributed by atoms with Crippen molar-refractivity contribution in [2.75, 3.05) is 39.4 Å². The lowest BCUT2D eigenvalue weighted by atomic mass is 10.2. The molecule has 2 heterocycles. The summed E-state index contributed by atoms with van der Waals surface area (Å²) in [6.07, 6.45) is 0.968. The van der Waals surface area contributed by atoms with Crippen LogP contribution in [0.1, 0.15) is 12.8 Å². The van der Waals surface area contributed by atoms with Crippen LogP contribution in [0.25, 0.3) is 0 Å². The Balaban J connectivity index is 1.57. The number of nitrogens with zero attached hydrogens (tertiary/aromatic N) is 2. The van der Waals surface area contributed by atoms with Gasteiger partial charge in [-0.15, -0.1) is 0 Å². The van der Waals surface area contributed by atoms with E-state index >= 15 is 0 Å². The van der Waals surface area contributed by atoms with E-state index in [1.54, 1.807) is 0 Å². The molecule has 0 saturated carbocycles. The summed E-state index contributed by atoms with van der Waals surface area (Å²) in [5, 5.41) is 6.43. The normalized spacial score (nSPS) is 20.4. The maximum atomic E-state index is 11.6. The first-order chi connectivity index (χ1) is 8.75. The Bertz CT molecular complexity index is 350. The van der Waals surface area contributed by atoms with Gasteiger partial charge in [-0.1, -0.05) is 0 Å². The van der Waals surface area contributed by atoms with Gasteiger partial charge in [0.2, 0.25) is 5.91 Å². The molecule has 0 bridgehead atoms. The molecule has 2 aliphatic rings. The fourth-order valence-electron chi connectivity index (χ4n) is 1.92. The Hall–Kier alpha value is -1.47. The molecule has 100 valence electrons. The van der Waals surface area contributed by atoms with Crippen molar-refractivity contribution in [2.45, 2.75) is 12.8 Å². The van der Waals surface area contributed by atoms with Gasteiger partial charge in [-0.2, -0.15) is 5.10 Å². The van der Waals surface area contributed by atoms with Crippen LogP contribution in [0.3, 0.4) is 0 Å². The molecule has 0 spiro atoms. The highest BCUT2D eigenvalue weighted by Crippen LogP contribution is 1.98. The predicted octanol–water partition coefficient (Wildman–Crippen LogP) is -1.30. The molecule has 2 amide bonds. The van der Waals surface area contributed by atoms with Crippen LogP contribution in [0.4, 0.5) is 0 Å². The number of amides is 2. The number of hydrogen-bond acceptors (Lipinski definition) is 5. The van der Waals surface area contributed by atoms with Crippen LogP contribution in [-0.2, 0) is 14.3 Å². The molecule has 0 aromatic rings. The summed E-state index contributed by atoms with van der Waals surface area (Å²) in [5.74, 6) is -0.483. The molecule has 1 saturated heterocycles. The fraction of sp³-hybridized carbons (Fsp3) is 0.727. The van der Waals surface area contributed by atoms with Gasteiger partial charge in [0.05, 0.1) is 19.6 Å². The van der Waals surface area contributed by atoms with Gasteiger partial charge >= 0.3 is 0 Å². The van der Waals surface area contributed by atoms with Crippen LogP contribution in [0.2, 0.25) is 0 Å². The fourth-order valence-corrected chi connectivity index (χ4v) is 1.92. The minimum atomic E-state index is -0.254. The SMILES string of the molecule is O=C1CC(C(=O)NCCCN2CCOCC2)=NN1. The van der Waals surface area contributed by atoms with E-state index in [1.165, 1.54) is 0 Å². The average molecular weight is 254 g/mol. The largest absolute Gasteiger partial charge is 0.379 e. The third-order valence-corrected chi connectivity index (χ3v) is 2.95. The number of rotatable bonds is 5. The zero-order valence-electron chi connectivity index (χ0n) is 10.3. The average Bonchev–Trinajstić information content (AvgIpc) is 2.82. The van der Waals surface area contributed by atoms with Crippen LogP contribution in [0, 0.1) is 0 Å². The number of morpholine rings is 1. The van der Waals surface area contributed by atoms with Crippen molar-refractivity contribution in [1.29, 1.82) is 0 Å². The van der Waals surface area contributed by atoms with Crippen molar-refractivity contribution in [1.82, 2.24) is 15.6 Å². The Kier molecular flexibility index (Phi) is 4.66. The number of carbonyl (C=O) groups is 2. The highest BCUT2D eigenvalue weighted by Gasteiger charge is 2.20. The van der Waals surface area contributed by atoms with Crippen molar-refractivity contribution < 1.29 is 14.3 Å². The molecule has 1 fully saturated rings. The van der Waals surface area contributed by atoms with Gasteiger partial charge in [-0.3, -0.25) is 14.5 Å². The molecule has 0 aromatic carbocycles. The van der Waals surface area contributed by atoms with Gasteiger partial charge in [0.1, 0.15) is 5.71 Å². The van der Waals surface area contributed by atoms with Gasteiger partial charge in [0.25, 0.3) is 5.91 Å². The molecule has 7 nitrogen and oxygen atoms in total. The van der Waals surface area contributed by atoms with Crippen molar-refractivity contribution in [3.8, 4) is 0 Å². The summed E-state index contributed by atoms with van der Waals surface area (Å²) in [4.78, 5) is 24.8. The first kappa shape index (κ1) is 13.0. The highest BCUT2D eigenvalue weighted by molar-refractivity contribution is 6.43. The number of ether oxygens (including phenoxy) is 1. The number of hydrogen-bond donors (Lipinski definition) is 2. The van der Waals surface area contributed by atoms with Gasteiger partial charge in [-0.25, -0.2) is 5.43 Å². The maximum Gasteiger partial charge on any atom is 0.268 e. The van der Waals surface area contributed by atoms with Crippen molar-refractivity contribution >= 4 is 17.5 Å². The Morgan fingerprint density at radius 1 is 1.44 bits per heavy atom. The summed E-state index contributed by atoms with van der Waals surface area (Å²) < 4.78 is 5.26. The molecule has 0 atom stereocenters. The van der Waals surface area contributed by atoms with Crippen molar-refractivity contribution in [3.63, 3.8) is 0 Å². The quantitative estimate of drug-likeness (QED) is 0.597. The van der Waals surface area contributed by atoms with Crippen LogP contribution >= 0.6 is 0 Å². The van der Waals surface area contributed by atoms with E-state index in [4.69, 9.17) is 4.74 Å². The second-order valence-electron chi connectivity index (χ2n) is 4.33. The lowest BCUT2D eigenvalue weighted by molar-refractivity contribution is -0.120. The van der Waals surface area contributed by atoms with E-state index in [9.17, 15) is 9.59 Å². The standard InChI is InChI=1S/C11H18N4O3/c16-10-8-9(13-14-10)11(17)12-2-1-3-15-4-6-18-7-5-15/h1-8H2,(H,12,17)(H,14,16). The van der Waals surface area contributed by atoms with Gasteiger partial charge in [0, 0.05) is 19.6 Å². The first-order valence-corrected chi connectivity index (χ1v) is 6.19. The van der Waals surface area contributed by atoms with Crippen LogP contribution in [0.5, 0.6) is 0 Å². The van der Waals surface area contributed by atoms with E-state index in [0.29, 0.717) is 6.54 Å². The zero-order valence-corrected chi connectivity index (χ0v) is 10.3. The number of carbonyl (C=O) groups excluding carboxylic acids is 2. The van der Waals surface area contributed by atoms with E-state index in [1.807, 2.05) is 0 Å². The third-order valence-electron chi connectivity index (χ3n) is 2.95. The summed E-state index contributed by atoms with van der Waals surface area (Å²) in [6.45, 7) is 5.04. The van der Waals surface area contributed by atoms with Crippen LogP contribution in [-0.4, -0.2) is 61.8 Å². The smallest absolute Gasteiger partial charge is 0.268 e. The van der Waals surface area contributed by atoms with Gasteiger partial charge < -0.3 is 10.1 Å². The summed E-state index contributed by atoms with van der Waals surface area (Å²) in [6, 6.07) is 0. The van der Waals surface area contributed by atoms with E-state index in [2.05, 4.69) is 20.7 Å². The molecule has 18 heavy (non-hydrogen) atoms. The van der Waals surface area contributed by atoms with E-state index < -0.39 is 0 Å². The van der Waals surface area contributed by atoms with Gasteiger partial charge in [0.15, 0.2) is 0 Å².